The normalized spacial score (nSPS) is 25.6. The lowest BCUT2D eigenvalue weighted by Crippen LogP contribution is -2.56. The second-order valence-electron chi connectivity index (χ2n) is 4.49. The van der Waals surface area contributed by atoms with Crippen molar-refractivity contribution in [2.75, 3.05) is 13.1 Å². The number of primary amides is 1. The minimum atomic E-state index is -0.448. The van der Waals surface area contributed by atoms with E-state index < -0.39 is 5.91 Å². The first-order chi connectivity index (χ1) is 7.71. The molecule has 84 valence electrons. The van der Waals surface area contributed by atoms with Crippen LogP contribution in [0, 0.1) is 0 Å². The molecule has 0 saturated heterocycles. The van der Waals surface area contributed by atoms with Gasteiger partial charge in [-0.3, -0.25) is 9.79 Å². The summed E-state index contributed by atoms with van der Waals surface area (Å²) >= 11 is 0. The zero-order chi connectivity index (χ0) is 11.2. The highest BCUT2D eigenvalue weighted by Crippen LogP contribution is 2.40. The Balaban J connectivity index is 2.00. The van der Waals surface area contributed by atoms with Gasteiger partial charge in [0, 0.05) is 12.8 Å². The van der Waals surface area contributed by atoms with E-state index in [2.05, 4.69) is 14.9 Å². The first-order valence-corrected chi connectivity index (χ1v) is 5.59. The third-order valence-electron chi connectivity index (χ3n) is 3.52. The van der Waals surface area contributed by atoms with Crippen LogP contribution >= 0.6 is 0 Å². The van der Waals surface area contributed by atoms with E-state index in [4.69, 9.17) is 5.73 Å². The first-order valence-electron chi connectivity index (χ1n) is 5.59. The van der Waals surface area contributed by atoms with Crippen LogP contribution in [0.5, 0.6) is 0 Å². The van der Waals surface area contributed by atoms with Crippen LogP contribution < -0.4 is 5.73 Å². The minimum Gasteiger partial charge on any atom is -0.364 e. The highest BCUT2D eigenvalue weighted by atomic mass is 16.1. The van der Waals surface area contributed by atoms with Gasteiger partial charge in [0.15, 0.2) is 0 Å². The monoisotopic (exact) mass is 218 g/mol. The fraction of sp³-hybridized carbons (Fsp3) is 0.545. The van der Waals surface area contributed by atoms with Crippen molar-refractivity contribution in [1.82, 2.24) is 4.90 Å². The summed E-state index contributed by atoms with van der Waals surface area (Å²) in [4.78, 5) is 22.3. The van der Waals surface area contributed by atoms with E-state index >= 15 is 0 Å². The van der Waals surface area contributed by atoms with E-state index in [1.807, 2.05) is 6.21 Å². The Bertz CT molecular complexity index is 431. The summed E-state index contributed by atoms with van der Waals surface area (Å²) in [6.45, 7) is 1.49. The Morgan fingerprint density at radius 3 is 2.88 bits per heavy atom. The maximum absolute atomic E-state index is 11.1. The molecule has 1 amide bonds. The van der Waals surface area contributed by atoms with Gasteiger partial charge in [0.05, 0.1) is 6.54 Å². The van der Waals surface area contributed by atoms with Crippen molar-refractivity contribution in [1.29, 1.82) is 0 Å². The van der Waals surface area contributed by atoms with E-state index in [1.54, 1.807) is 6.08 Å². The number of hydrogen-bond acceptors (Lipinski definition) is 4. The molecule has 5 nitrogen and oxygen atoms in total. The predicted molar refractivity (Wildman–Crippen MR) is 61.4 cm³/mol. The smallest absolute Gasteiger partial charge is 0.267 e. The lowest BCUT2D eigenvalue weighted by molar-refractivity contribution is -0.114. The molecule has 0 atom stereocenters. The zero-order valence-electron chi connectivity index (χ0n) is 9.02. The second kappa shape index (κ2) is 3.17. The number of hydrogen-bond donors (Lipinski definition) is 1. The Morgan fingerprint density at radius 1 is 1.44 bits per heavy atom. The first kappa shape index (κ1) is 9.57. The average molecular weight is 218 g/mol. The number of rotatable bonds is 1. The number of fused-ring (bicyclic) bond motifs is 2. The fourth-order valence-electron chi connectivity index (χ4n) is 2.46. The van der Waals surface area contributed by atoms with Gasteiger partial charge in [-0.05, 0) is 25.3 Å². The van der Waals surface area contributed by atoms with Gasteiger partial charge in [-0.15, -0.1) is 0 Å². The third-order valence-corrected chi connectivity index (χ3v) is 3.52. The van der Waals surface area contributed by atoms with Gasteiger partial charge in [-0.25, -0.2) is 4.99 Å². The highest BCUT2D eigenvalue weighted by Gasteiger charge is 2.46. The Hall–Kier alpha value is -1.65. The molecule has 0 aromatic carbocycles. The van der Waals surface area contributed by atoms with Crippen molar-refractivity contribution < 1.29 is 4.79 Å². The summed E-state index contributed by atoms with van der Waals surface area (Å²) in [6.07, 6.45) is 6.99. The van der Waals surface area contributed by atoms with Crippen molar-refractivity contribution in [2.24, 2.45) is 15.7 Å². The molecule has 2 N–H and O–H groups in total. The quantitative estimate of drug-likeness (QED) is 0.677. The molecule has 2 aliphatic heterocycles. The van der Waals surface area contributed by atoms with Crippen LogP contribution in [0.4, 0.5) is 0 Å². The van der Waals surface area contributed by atoms with E-state index in [1.165, 1.54) is 6.42 Å². The number of nitrogens with zero attached hydrogens (tertiary/aromatic N) is 3. The predicted octanol–water partition coefficient (Wildman–Crippen LogP) is 0.0768. The topological polar surface area (TPSA) is 71.1 Å². The van der Waals surface area contributed by atoms with Crippen LogP contribution in [0.2, 0.25) is 0 Å². The Labute approximate surface area is 93.7 Å². The van der Waals surface area contributed by atoms with Crippen LogP contribution in [0.25, 0.3) is 0 Å². The van der Waals surface area contributed by atoms with E-state index in [0.717, 1.165) is 25.2 Å². The number of amides is 1. The molecule has 1 spiro atoms. The maximum atomic E-state index is 11.1. The Morgan fingerprint density at radius 2 is 2.25 bits per heavy atom. The molecule has 0 unspecified atom stereocenters. The molecular weight excluding hydrogens is 204 g/mol. The van der Waals surface area contributed by atoms with Crippen LogP contribution in [-0.2, 0) is 4.79 Å². The highest BCUT2D eigenvalue weighted by molar-refractivity contribution is 6.03. The molecule has 2 heterocycles. The molecule has 3 rings (SSSR count). The standard InChI is InChI=1S/C11H14N4O/c12-9(16)8-2-6-15-7-5-13-11(3-1-4-11)10(15)14-8/h2,5H,1,3-4,6-7H2,(H2,12,16). The van der Waals surface area contributed by atoms with Gasteiger partial charge in [0.2, 0.25) is 0 Å². The van der Waals surface area contributed by atoms with Crippen molar-refractivity contribution in [3.8, 4) is 0 Å². The Kier molecular flexibility index (Phi) is 1.89. The summed E-state index contributed by atoms with van der Waals surface area (Å²) < 4.78 is 0. The SMILES string of the molecule is NC(=O)C1=CCN2CC=NC3(CCC3)C2=N1. The average Bonchev–Trinajstić information content (AvgIpc) is 2.25. The summed E-state index contributed by atoms with van der Waals surface area (Å²) in [7, 11) is 0. The lowest BCUT2D eigenvalue weighted by atomic mass is 9.74. The number of aliphatic imine (C=N–C) groups is 2. The largest absolute Gasteiger partial charge is 0.364 e. The molecule has 0 bridgehead atoms. The zero-order valence-corrected chi connectivity index (χ0v) is 9.02. The van der Waals surface area contributed by atoms with Crippen LogP contribution in [-0.4, -0.2) is 41.5 Å². The summed E-state index contributed by atoms with van der Waals surface area (Å²) in [5.41, 5.74) is 5.50. The fourth-order valence-corrected chi connectivity index (χ4v) is 2.46. The minimum absolute atomic E-state index is 0.146. The van der Waals surface area contributed by atoms with Gasteiger partial charge in [0.1, 0.15) is 17.1 Å². The van der Waals surface area contributed by atoms with Gasteiger partial charge in [0.25, 0.3) is 5.91 Å². The van der Waals surface area contributed by atoms with Crippen molar-refractivity contribution in [3.05, 3.63) is 11.8 Å². The lowest BCUT2D eigenvalue weighted by Gasteiger charge is -2.46. The van der Waals surface area contributed by atoms with Gasteiger partial charge in [-0.1, -0.05) is 0 Å². The molecule has 0 aromatic rings. The molecule has 0 radical (unpaired) electrons. The van der Waals surface area contributed by atoms with Crippen molar-refractivity contribution in [2.45, 2.75) is 24.8 Å². The van der Waals surface area contributed by atoms with Crippen molar-refractivity contribution >= 4 is 18.0 Å². The molecule has 1 aliphatic carbocycles. The number of nitrogens with two attached hydrogens (primary N) is 1. The molecule has 1 fully saturated rings. The summed E-state index contributed by atoms with van der Waals surface area (Å²) in [6, 6.07) is 0. The number of amidine groups is 1. The second-order valence-corrected chi connectivity index (χ2v) is 4.49. The summed E-state index contributed by atoms with van der Waals surface area (Å²) in [5, 5.41) is 0. The van der Waals surface area contributed by atoms with Gasteiger partial charge in [-0.2, -0.15) is 0 Å². The number of carbonyl (C=O) groups is 1. The van der Waals surface area contributed by atoms with Crippen molar-refractivity contribution in [3.63, 3.8) is 0 Å². The molecule has 1 saturated carbocycles. The number of carbonyl (C=O) groups excluding carboxylic acids is 1. The van der Waals surface area contributed by atoms with Gasteiger partial charge >= 0.3 is 0 Å². The molecule has 16 heavy (non-hydrogen) atoms. The van der Waals surface area contributed by atoms with Gasteiger partial charge < -0.3 is 10.6 Å². The maximum Gasteiger partial charge on any atom is 0.267 e. The van der Waals surface area contributed by atoms with Crippen LogP contribution in [0.3, 0.4) is 0 Å². The summed E-state index contributed by atoms with van der Waals surface area (Å²) in [5.74, 6) is 0.494. The molecular formula is C11H14N4O. The van der Waals surface area contributed by atoms with E-state index in [-0.39, 0.29) is 5.54 Å². The van der Waals surface area contributed by atoms with E-state index in [9.17, 15) is 4.79 Å². The third kappa shape index (κ3) is 1.20. The van der Waals surface area contributed by atoms with Crippen LogP contribution in [0.1, 0.15) is 19.3 Å². The van der Waals surface area contributed by atoms with Crippen LogP contribution in [0.15, 0.2) is 21.8 Å². The molecule has 0 aromatic heterocycles. The molecule has 3 aliphatic rings. The molecule has 5 heteroatoms. The van der Waals surface area contributed by atoms with E-state index in [0.29, 0.717) is 12.2 Å².